The number of hydrogen-bond donors (Lipinski definition) is 1. The Labute approximate surface area is 164 Å². The smallest absolute Gasteiger partial charge is 0.224 e. The molecule has 1 N–H and O–H groups in total. The number of carbonyl (C=O) groups excluding carboxylic acids is 1. The fraction of sp³-hybridized carbons (Fsp3) is 0.556. The summed E-state index contributed by atoms with van der Waals surface area (Å²) in [6, 6.07) is 2.94. The molecule has 1 aliphatic carbocycles. The number of amides is 1. The van der Waals surface area contributed by atoms with Crippen LogP contribution < -0.4 is 0 Å². The molecular formula is C18H26ClN5OS. The maximum absolute atomic E-state index is 12.6. The second kappa shape index (κ2) is 10.6. The average Bonchev–Trinajstić information content (AvgIpc) is 3.46. The van der Waals surface area contributed by atoms with Gasteiger partial charge >= 0.3 is 0 Å². The zero-order valence-corrected chi connectivity index (χ0v) is 16.8. The van der Waals surface area contributed by atoms with Crippen molar-refractivity contribution in [2.24, 2.45) is 10.9 Å². The largest absolute Gasteiger partial charge is 0.328 e. The Morgan fingerprint density at radius 1 is 1.58 bits per heavy atom. The van der Waals surface area contributed by atoms with Gasteiger partial charge in [0.25, 0.3) is 0 Å². The number of rotatable bonds is 11. The van der Waals surface area contributed by atoms with Crippen molar-refractivity contribution in [3.63, 3.8) is 0 Å². The highest BCUT2D eigenvalue weighted by Crippen LogP contribution is 2.33. The van der Waals surface area contributed by atoms with Gasteiger partial charge in [-0.15, -0.1) is 0 Å². The third-order valence-corrected chi connectivity index (χ3v) is 5.60. The van der Waals surface area contributed by atoms with Gasteiger partial charge in [0, 0.05) is 37.7 Å². The van der Waals surface area contributed by atoms with E-state index >= 15 is 0 Å². The van der Waals surface area contributed by atoms with Crippen molar-refractivity contribution < 1.29 is 4.79 Å². The van der Waals surface area contributed by atoms with Crippen LogP contribution in [-0.2, 0) is 4.79 Å². The van der Waals surface area contributed by atoms with E-state index in [2.05, 4.69) is 14.3 Å². The van der Waals surface area contributed by atoms with E-state index in [1.54, 1.807) is 41.5 Å². The number of nitrogens with one attached hydrogen (secondary N) is 1. The van der Waals surface area contributed by atoms with Crippen LogP contribution in [0.15, 0.2) is 29.5 Å². The lowest BCUT2D eigenvalue weighted by Gasteiger charge is -2.27. The number of halogens is 1. The highest BCUT2D eigenvalue weighted by molar-refractivity contribution is 7.97. The molecule has 1 unspecified atom stereocenters. The van der Waals surface area contributed by atoms with Crippen LogP contribution in [0, 0.1) is 11.3 Å². The first-order valence-electron chi connectivity index (χ1n) is 8.83. The van der Waals surface area contributed by atoms with Crippen LogP contribution in [0.2, 0.25) is 0 Å². The van der Waals surface area contributed by atoms with Crippen LogP contribution in [0.3, 0.4) is 0 Å². The second-order valence-electron chi connectivity index (χ2n) is 6.30. The molecule has 1 atom stereocenters. The topological polar surface area (TPSA) is 72.7 Å². The molecule has 0 radical (unpaired) electrons. The third-order valence-electron chi connectivity index (χ3n) is 4.14. The lowest BCUT2D eigenvalue weighted by Crippen LogP contribution is -2.45. The van der Waals surface area contributed by atoms with Crippen molar-refractivity contribution in [3.05, 3.63) is 24.5 Å². The minimum atomic E-state index is -0.654. The molecule has 142 valence electrons. The van der Waals surface area contributed by atoms with Gasteiger partial charge in [0.1, 0.15) is 11.2 Å². The first kappa shape index (κ1) is 20.9. The minimum absolute atomic E-state index is 0.0283. The van der Waals surface area contributed by atoms with Crippen LogP contribution in [0.25, 0.3) is 0 Å². The summed E-state index contributed by atoms with van der Waals surface area (Å²) in [7, 11) is 2.02. The standard InChI is InChI=1S/C18H26ClN5OS/c1-3-24(17(25)8-10-23(2)26-13-14-6-7-14)16(18(19)20)12-22-15-5-4-9-21-11-15/h4-5,9,11-12,14,16,20H,3,6-8,10,13H2,1-2H3. The molecule has 0 bridgehead atoms. The SMILES string of the molecule is CCN(C(=O)CCN(C)SCC1CC1)C(C=Nc1cccnc1)C(=N)Cl. The Kier molecular flexibility index (Phi) is 8.54. The predicted octanol–water partition coefficient (Wildman–Crippen LogP) is 3.60. The maximum Gasteiger partial charge on any atom is 0.224 e. The van der Waals surface area contributed by atoms with Gasteiger partial charge in [0.05, 0.1) is 11.9 Å². The van der Waals surface area contributed by atoms with Crippen LogP contribution in [0.1, 0.15) is 26.2 Å². The van der Waals surface area contributed by atoms with Crippen molar-refractivity contribution in [1.29, 1.82) is 5.41 Å². The first-order valence-corrected chi connectivity index (χ1v) is 10.1. The molecule has 8 heteroatoms. The average molecular weight is 396 g/mol. The number of aliphatic imine (C=N–C) groups is 1. The Bertz CT molecular complexity index is 623. The van der Waals surface area contributed by atoms with E-state index in [0.29, 0.717) is 25.2 Å². The van der Waals surface area contributed by atoms with Crippen LogP contribution in [0.5, 0.6) is 0 Å². The number of hydrogen-bond acceptors (Lipinski definition) is 6. The molecule has 0 saturated heterocycles. The molecule has 1 aromatic rings. The second-order valence-corrected chi connectivity index (χ2v) is 7.92. The molecule has 1 saturated carbocycles. The summed E-state index contributed by atoms with van der Waals surface area (Å²) in [5.41, 5.74) is 0.662. The van der Waals surface area contributed by atoms with Gasteiger partial charge in [-0.25, -0.2) is 0 Å². The minimum Gasteiger partial charge on any atom is -0.328 e. The molecule has 2 rings (SSSR count). The Hall–Kier alpha value is -1.44. The summed E-state index contributed by atoms with van der Waals surface area (Å²) >= 11 is 7.74. The van der Waals surface area contributed by atoms with Gasteiger partial charge in [-0.2, -0.15) is 0 Å². The molecule has 1 fully saturated rings. The van der Waals surface area contributed by atoms with Crippen LogP contribution in [0.4, 0.5) is 5.69 Å². The fourth-order valence-corrected chi connectivity index (χ4v) is 3.57. The van der Waals surface area contributed by atoms with Crippen molar-refractivity contribution in [2.75, 3.05) is 25.9 Å². The van der Waals surface area contributed by atoms with Crippen molar-refractivity contribution in [1.82, 2.24) is 14.2 Å². The van der Waals surface area contributed by atoms with Gasteiger partial charge in [-0.3, -0.25) is 24.5 Å². The highest BCUT2D eigenvalue weighted by Gasteiger charge is 2.25. The summed E-state index contributed by atoms with van der Waals surface area (Å²) in [4.78, 5) is 22.5. The van der Waals surface area contributed by atoms with E-state index in [1.165, 1.54) is 12.8 Å². The van der Waals surface area contributed by atoms with Gasteiger partial charge in [0.15, 0.2) is 0 Å². The van der Waals surface area contributed by atoms with E-state index in [9.17, 15) is 4.79 Å². The Balaban J connectivity index is 1.91. The van der Waals surface area contributed by atoms with Crippen molar-refractivity contribution in [2.45, 2.75) is 32.2 Å². The molecule has 6 nitrogen and oxygen atoms in total. The number of carbonyl (C=O) groups is 1. The summed E-state index contributed by atoms with van der Waals surface area (Å²) < 4.78 is 2.12. The quantitative estimate of drug-likeness (QED) is 0.459. The summed E-state index contributed by atoms with van der Waals surface area (Å²) in [5, 5.41) is 7.71. The first-order chi connectivity index (χ1) is 12.5. The molecule has 1 amide bonds. The summed E-state index contributed by atoms with van der Waals surface area (Å²) in [5.74, 6) is 1.96. The molecule has 0 spiro atoms. The monoisotopic (exact) mass is 395 g/mol. The molecule has 0 aromatic carbocycles. The van der Waals surface area contributed by atoms with E-state index in [1.807, 2.05) is 20.0 Å². The van der Waals surface area contributed by atoms with E-state index in [-0.39, 0.29) is 11.1 Å². The summed E-state index contributed by atoms with van der Waals surface area (Å²) in [6.07, 6.45) is 7.89. The number of nitrogens with zero attached hydrogens (tertiary/aromatic N) is 4. The maximum atomic E-state index is 12.6. The van der Waals surface area contributed by atoms with Gasteiger partial charge < -0.3 is 4.90 Å². The fourth-order valence-electron chi connectivity index (χ4n) is 2.38. The Morgan fingerprint density at radius 2 is 2.35 bits per heavy atom. The van der Waals surface area contributed by atoms with E-state index in [0.717, 1.165) is 11.7 Å². The predicted molar refractivity (Wildman–Crippen MR) is 110 cm³/mol. The normalized spacial score (nSPS) is 15.4. The van der Waals surface area contributed by atoms with Gasteiger partial charge in [0.2, 0.25) is 5.91 Å². The van der Waals surface area contributed by atoms with Gasteiger partial charge in [-0.1, -0.05) is 23.5 Å². The molecule has 1 aliphatic rings. The van der Waals surface area contributed by atoms with E-state index < -0.39 is 6.04 Å². The molecule has 1 aromatic heterocycles. The molecular weight excluding hydrogens is 370 g/mol. The zero-order chi connectivity index (χ0) is 18.9. The molecule has 1 heterocycles. The lowest BCUT2D eigenvalue weighted by atomic mass is 10.2. The molecule has 0 aliphatic heterocycles. The number of pyridine rings is 1. The Morgan fingerprint density at radius 3 is 2.92 bits per heavy atom. The zero-order valence-electron chi connectivity index (χ0n) is 15.3. The highest BCUT2D eigenvalue weighted by atomic mass is 35.5. The van der Waals surface area contributed by atoms with Crippen molar-refractivity contribution >= 4 is 46.5 Å². The number of aromatic nitrogens is 1. The van der Waals surface area contributed by atoms with Crippen LogP contribution in [-0.4, -0.2) is 63.4 Å². The van der Waals surface area contributed by atoms with Gasteiger partial charge in [-0.05, 0) is 44.9 Å². The van der Waals surface area contributed by atoms with E-state index in [4.69, 9.17) is 17.0 Å². The third kappa shape index (κ3) is 7.05. The molecule has 26 heavy (non-hydrogen) atoms. The van der Waals surface area contributed by atoms with Crippen molar-refractivity contribution in [3.8, 4) is 0 Å². The lowest BCUT2D eigenvalue weighted by molar-refractivity contribution is -0.131. The summed E-state index contributed by atoms with van der Waals surface area (Å²) in [6.45, 7) is 3.03. The van der Waals surface area contributed by atoms with Crippen LogP contribution >= 0.6 is 23.5 Å².